The van der Waals surface area contributed by atoms with E-state index in [-0.39, 0.29) is 17.9 Å². The predicted octanol–water partition coefficient (Wildman–Crippen LogP) is 3.20. The monoisotopic (exact) mass is 348 g/mol. The minimum Gasteiger partial charge on any atom is -0.450 e. The van der Waals surface area contributed by atoms with Crippen molar-refractivity contribution in [2.24, 2.45) is 5.92 Å². The van der Waals surface area contributed by atoms with Gasteiger partial charge in [0.1, 0.15) is 5.82 Å². The Morgan fingerprint density at radius 2 is 2.04 bits per heavy atom. The number of carbonyl (C=O) groups excluding carboxylic acids is 2. The molecule has 3 rings (SSSR count). The SMILES string of the molecule is CCOC(=O)N1CCCC(C(=O)Nc2ccnn2C2CCCCC2)C1. The molecular weight excluding hydrogens is 320 g/mol. The molecule has 0 bridgehead atoms. The molecular formula is C18H28N4O3. The molecule has 7 nitrogen and oxygen atoms in total. The van der Waals surface area contributed by atoms with Gasteiger partial charge in [-0.25, -0.2) is 9.48 Å². The zero-order chi connectivity index (χ0) is 17.6. The Morgan fingerprint density at radius 3 is 2.80 bits per heavy atom. The lowest BCUT2D eigenvalue weighted by Crippen LogP contribution is -2.44. The number of amides is 2. The molecule has 138 valence electrons. The van der Waals surface area contributed by atoms with Gasteiger partial charge >= 0.3 is 6.09 Å². The molecule has 1 aliphatic heterocycles. The molecule has 1 saturated carbocycles. The van der Waals surface area contributed by atoms with Gasteiger partial charge in [-0.15, -0.1) is 0 Å². The number of nitrogens with one attached hydrogen (secondary N) is 1. The molecule has 25 heavy (non-hydrogen) atoms. The fourth-order valence-corrected chi connectivity index (χ4v) is 3.83. The average molecular weight is 348 g/mol. The predicted molar refractivity (Wildman–Crippen MR) is 94.3 cm³/mol. The second-order valence-corrected chi connectivity index (χ2v) is 6.93. The van der Waals surface area contributed by atoms with E-state index in [9.17, 15) is 9.59 Å². The van der Waals surface area contributed by atoms with E-state index in [0.29, 0.717) is 25.7 Å². The Balaban J connectivity index is 1.60. The van der Waals surface area contributed by atoms with Crippen molar-refractivity contribution in [1.82, 2.24) is 14.7 Å². The second kappa shape index (κ2) is 8.36. The highest BCUT2D eigenvalue weighted by atomic mass is 16.6. The number of likely N-dealkylation sites (tertiary alicyclic amines) is 1. The van der Waals surface area contributed by atoms with Crippen molar-refractivity contribution in [2.75, 3.05) is 25.0 Å². The zero-order valence-corrected chi connectivity index (χ0v) is 14.9. The van der Waals surface area contributed by atoms with Crippen LogP contribution in [0.3, 0.4) is 0 Å². The van der Waals surface area contributed by atoms with E-state index in [0.717, 1.165) is 31.5 Å². The Hall–Kier alpha value is -2.05. The first-order valence-corrected chi connectivity index (χ1v) is 9.45. The normalized spacial score (nSPS) is 21.8. The summed E-state index contributed by atoms with van der Waals surface area (Å²) in [5, 5.41) is 7.45. The maximum Gasteiger partial charge on any atom is 0.409 e. The van der Waals surface area contributed by atoms with Crippen molar-refractivity contribution in [3.63, 3.8) is 0 Å². The highest BCUT2D eigenvalue weighted by molar-refractivity contribution is 5.92. The van der Waals surface area contributed by atoms with Gasteiger partial charge in [-0.1, -0.05) is 19.3 Å². The molecule has 2 fully saturated rings. The van der Waals surface area contributed by atoms with E-state index in [1.807, 2.05) is 10.7 Å². The van der Waals surface area contributed by atoms with Gasteiger partial charge in [0, 0.05) is 19.2 Å². The lowest BCUT2D eigenvalue weighted by Gasteiger charge is -2.31. The fourth-order valence-electron chi connectivity index (χ4n) is 3.83. The maximum atomic E-state index is 12.7. The number of piperidine rings is 1. The molecule has 0 aromatic carbocycles. The topological polar surface area (TPSA) is 76.5 Å². The summed E-state index contributed by atoms with van der Waals surface area (Å²) in [6.07, 6.45) is 8.98. The number of hydrogen-bond donors (Lipinski definition) is 1. The molecule has 1 unspecified atom stereocenters. The third kappa shape index (κ3) is 4.32. The fraction of sp³-hybridized carbons (Fsp3) is 0.722. The van der Waals surface area contributed by atoms with E-state index in [1.54, 1.807) is 18.0 Å². The summed E-state index contributed by atoms with van der Waals surface area (Å²) in [4.78, 5) is 26.2. The highest BCUT2D eigenvalue weighted by Gasteiger charge is 2.30. The van der Waals surface area contributed by atoms with Gasteiger partial charge in [-0.3, -0.25) is 4.79 Å². The number of nitrogens with zero attached hydrogens (tertiary/aromatic N) is 3. The minimum absolute atomic E-state index is 0.0356. The molecule has 1 aliphatic carbocycles. The summed E-state index contributed by atoms with van der Waals surface area (Å²) in [6.45, 7) is 3.22. The van der Waals surface area contributed by atoms with Crippen LogP contribution in [0.1, 0.15) is 57.9 Å². The summed E-state index contributed by atoms with van der Waals surface area (Å²) >= 11 is 0. The quantitative estimate of drug-likeness (QED) is 0.906. The lowest BCUT2D eigenvalue weighted by molar-refractivity contribution is -0.121. The largest absolute Gasteiger partial charge is 0.450 e. The van der Waals surface area contributed by atoms with Crippen LogP contribution >= 0.6 is 0 Å². The molecule has 2 heterocycles. The molecule has 0 radical (unpaired) electrons. The molecule has 1 saturated heterocycles. The standard InChI is InChI=1S/C18H28N4O3/c1-2-25-18(24)21-12-6-7-14(13-21)17(23)20-16-10-11-19-22(16)15-8-4-3-5-9-15/h10-11,14-15H,2-9,12-13H2,1H3,(H,20,23). The van der Waals surface area contributed by atoms with Crippen LogP contribution in [0.5, 0.6) is 0 Å². The van der Waals surface area contributed by atoms with Crippen molar-refractivity contribution >= 4 is 17.8 Å². The van der Waals surface area contributed by atoms with E-state index in [4.69, 9.17) is 4.74 Å². The van der Waals surface area contributed by atoms with Crippen molar-refractivity contribution < 1.29 is 14.3 Å². The van der Waals surface area contributed by atoms with Gasteiger partial charge in [0.05, 0.1) is 24.8 Å². The second-order valence-electron chi connectivity index (χ2n) is 6.93. The molecule has 1 atom stereocenters. The summed E-state index contributed by atoms with van der Waals surface area (Å²) < 4.78 is 7.02. The lowest BCUT2D eigenvalue weighted by atomic mass is 9.95. The number of hydrogen-bond acceptors (Lipinski definition) is 4. The van der Waals surface area contributed by atoms with Crippen LogP contribution in [-0.2, 0) is 9.53 Å². The van der Waals surface area contributed by atoms with Crippen LogP contribution in [0, 0.1) is 5.92 Å². The average Bonchev–Trinajstić information content (AvgIpc) is 3.11. The van der Waals surface area contributed by atoms with Crippen LogP contribution in [0.4, 0.5) is 10.6 Å². The molecule has 1 N–H and O–H groups in total. The van der Waals surface area contributed by atoms with Crippen LogP contribution in [0.15, 0.2) is 12.3 Å². The van der Waals surface area contributed by atoms with Gasteiger partial charge in [-0.2, -0.15) is 5.10 Å². The summed E-state index contributed by atoms with van der Waals surface area (Å²) in [7, 11) is 0. The van der Waals surface area contributed by atoms with Crippen LogP contribution in [0.2, 0.25) is 0 Å². The minimum atomic E-state index is -0.327. The van der Waals surface area contributed by atoms with E-state index in [1.165, 1.54) is 19.3 Å². The van der Waals surface area contributed by atoms with Gasteiger partial charge < -0.3 is 15.0 Å². The molecule has 1 aromatic rings. The summed E-state index contributed by atoms with van der Waals surface area (Å²) in [6, 6.07) is 2.24. The Labute approximate surface area is 148 Å². The summed E-state index contributed by atoms with van der Waals surface area (Å²) in [5.41, 5.74) is 0. The first-order valence-electron chi connectivity index (χ1n) is 9.45. The number of anilines is 1. The third-order valence-corrected chi connectivity index (χ3v) is 5.16. The van der Waals surface area contributed by atoms with Crippen molar-refractivity contribution in [3.05, 3.63) is 12.3 Å². The molecule has 2 amide bonds. The number of carbonyl (C=O) groups is 2. The van der Waals surface area contributed by atoms with Gasteiger partial charge in [-0.05, 0) is 32.6 Å². The van der Waals surface area contributed by atoms with E-state index < -0.39 is 0 Å². The molecule has 7 heteroatoms. The van der Waals surface area contributed by atoms with Crippen molar-refractivity contribution in [1.29, 1.82) is 0 Å². The van der Waals surface area contributed by atoms with Gasteiger partial charge in [0.25, 0.3) is 0 Å². The van der Waals surface area contributed by atoms with Crippen molar-refractivity contribution in [3.8, 4) is 0 Å². The van der Waals surface area contributed by atoms with Crippen LogP contribution in [-0.4, -0.2) is 46.4 Å². The number of rotatable bonds is 4. The maximum absolute atomic E-state index is 12.7. The van der Waals surface area contributed by atoms with E-state index >= 15 is 0 Å². The number of ether oxygens (including phenoxy) is 1. The van der Waals surface area contributed by atoms with Crippen LogP contribution < -0.4 is 5.32 Å². The zero-order valence-electron chi connectivity index (χ0n) is 14.9. The Bertz CT molecular complexity index is 595. The molecule has 0 spiro atoms. The highest BCUT2D eigenvalue weighted by Crippen LogP contribution is 2.30. The van der Waals surface area contributed by atoms with Crippen molar-refractivity contribution in [2.45, 2.75) is 57.9 Å². The molecule has 1 aromatic heterocycles. The Kier molecular flexibility index (Phi) is 5.94. The summed E-state index contributed by atoms with van der Waals surface area (Å²) in [5.74, 6) is 0.532. The first-order chi connectivity index (χ1) is 12.2. The third-order valence-electron chi connectivity index (χ3n) is 5.16. The van der Waals surface area contributed by atoms with Gasteiger partial charge in [0.2, 0.25) is 5.91 Å². The number of aromatic nitrogens is 2. The smallest absolute Gasteiger partial charge is 0.409 e. The molecule has 2 aliphatic rings. The first kappa shape index (κ1) is 17.8. The Morgan fingerprint density at radius 1 is 1.24 bits per heavy atom. The van der Waals surface area contributed by atoms with Crippen LogP contribution in [0.25, 0.3) is 0 Å². The van der Waals surface area contributed by atoms with Gasteiger partial charge in [0.15, 0.2) is 0 Å². The van der Waals surface area contributed by atoms with E-state index in [2.05, 4.69) is 10.4 Å².